The molecule has 1 aromatic carbocycles. The van der Waals surface area contributed by atoms with Crippen molar-refractivity contribution < 1.29 is 4.39 Å². The maximum absolute atomic E-state index is 14.0. The van der Waals surface area contributed by atoms with Gasteiger partial charge in [0.2, 0.25) is 0 Å². The van der Waals surface area contributed by atoms with Crippen LogP contribution in [0.4, 0.5) is 4.39 Å². The molecule has 0 radical (unpaired) electrons. The van der Waals surface area contributed by atoms with Crippen molar-refractivity contribution >= 4 is 0 Å². The molecule has 1 aliphatic carbocycles. The number of hydrogen-bond donors (Lipinski definition) is 1. The molecule has 18 heavy (non-hydrogen) atoms. The van der Waals surface area contributed by atoms with Crippen LogP contribution in [0.2, 0.25) is 0 Å². The summed E-state index contributed by atoms with van der Waals surface area (Å²) in [7, 11) is 2.08. The molecule has 2 nitrogen and oxygen atoms in total. The fraction of sp³-hybridized carbons (Fsp3) is 0.600. The van der Waals surface area contributed by atoms with Crippen LogP contribution in [0.3, 0.4) is 0 Å². The molecule has 1 fully saturated rings. The molecule has 2 rings (SSSR count). The maximum Gasteiger partial charge on any atom is 0.128 e. The highest BCUT2D eigenvalue weighted by atomic mass is 19.1. The van der Waals surface area contributed by atoms with Gasteiger partial charge in [0.05, 0.1) is 6.04 Å². The van der Waals surface area contributed by atoms with Gasteiger partial charge in [0, 0.05) is 17.6 Å². The SMILES string of the molecule is CC(N)C(c1ccccc1F)N(C)C1CCCC1. The minimum atomic E-state index is -0.148. The van der Waals surface area contributed by atoms with Crippen molar-refractivity contribution in [3.8, 4) is 0 Å². The summed E-state index contributed by atoms with van der Waals surface area (Å²) in [6.07, 6.45) is 4.96. The molecule has 1 saturated carbocycles. The lowest BCUT2D eigenvalue weighted by atomic mass is 9.97. The summed E-state index contributed by atoms with van der Waals surface area (Å²) in [6.45, 7) is 1.96. The molecule has 1 aliphatic rings. The average molecular weight is 250 g/mol. The highest BCUT2D eigenvalue weighted by Gasteiger charge is 2.30. The van der Waals surface area contributed by atoms with Crippen molar-refractivity contribution in [1.29, 1.82) is 0 Å². The molecule has 100 valence electrons. The highest BCUT2D eigenvalue weighted by Crippen LogP contribution is 2.32. The molecule has 0 saturated heterocycles. The van der Waals surface area contributed by atoms with E-state index in [0.29, 0.717) is 6.04 Å². The first-order chi connectivity index (χ1) is 8.61. The van der Waals surface area contributed by atoms with Gasteiger partial charge in [0.15, 0.2) is 0 Å². The van der Waals surface area contributed by atoms with Gasteiger partial charge in [-0.25, -0.2) is 4.39 Å². The quantitative estimate of drug-likeness (QED) is 0.889. The Bertz CT molecular complexity index is 386. The van der Waals surface area contributed by atoms with E-state index in [1.165, 1.54) is 31.7 Å². The molecular weight excluding hydrogens is 227 g/mol. The third-order valence-corrected chi connectivity index (χ3v) is 4.06. The Balaban J connectivity index is 2.25. The Morgan fingerprint density at radius 3 is 2.44 bits per heavy atom. The van der Waals surface area contributed by atoms with Gasteiger partial charge in [-0.2, -0.15) is 0 Å². The maximum atomic E-state index is 14.0. The highest BCUT2D eigenvalue weighted by molar-refractivity contribution is 5.23. The Kier molecular flexibility index (Phi) is 4.36. The van der Waals surface area contributed by atoms with Gasteiger partial charge >= 0.3 is 0 Å². The molecular formula is C15H23FN2. The second-order valence-electron chi connectivity index (χ2n) is 5.43. The van der Waals surface area contributed by atoms with Crippen LogP contribution in [-0.4, -0.2) is 24.0 Å². The summed E-state index contributed by atoms with van der Waals surface area (Å²) < 4.78 is 14.0. The fourth-order valence-electron chi connectivity index (χ4n) is 3.13. The average Bonchev–Trinajstić information content (AvgIpc) is 2.85. The molecule has 0 bridgehead atoms. The largest absolute Gasteiger partial charge is 0.326 e. The van der Waals surface area contributed by atoms with Crippen LogP contribution in [0.25, 0.3) is 0 Å². The molecule has 2 atom stereocenters. The summed E-state index contributed by atoms with van der Waals surface area (Å²) in [5.74, 6) is -0.148. The number of nitrogens with two attached hydrogens (primary N) is 1. The van der Waals surface area contributed by atoms with Crippen LogP contribution in [0.5, 0.6) is 0 Å². The van der Waals surface area contributed by atoms with E-state index in [4.69, 9.17) is 5.73 Å². The predicted octanol–water partition coefficient (Wildman–Crippen LogP) is 3.09. The molecule has 3 heteroatoms. The van der Waals surface area contributed by atoms with E-state index >= 15 is 0 Å². The second-order valence-corrected chi connectivity index (χ2v) is 5.43. The van der Waals surface area contributed by atoms with Crippen molar-refractivity contribution in [3.63, 3.8) is 0 Å². The Morgan fingerprint density at radius 1 is 1.28 bits per heavy atom. The Morgan fingerprint density at radius 2 is 1.89 bits per heavy atom. The van der Waals surface area contributed by atoms with Gasteiger partial charge in [0.1, 0.15) is 5.82 Å². The summed E-state index contributed by atoms with van der Waals surface area (Å²) in [5, 5.41) is 0. The number of nitrogens with zero attached hydrogens (tertiary/aromatic N) is 1. The zero-order chi connectivity index (χ0) is 13.1. The first-order valence-corrected chi connectivity index (χ1v) is 6.83. The predicted molar refractivity (Wildman–Crippen MR) is 72.8 cm³/mol. The van der Waals surface area contributed by atoms with Crippen LogP contribution < -0.4 is 5.73 Å². The summed E-state index contributed by atoms with van der Waals surface area (Å²) >= 11 is 0. The Hall–Kier alpha value is -0.930. The van der Waals surface area contributed by atoms with Gasteiger partial charge < -0.3 is 5.73 Å². The number of likely N-dealkylation sites (N-methyl/N-ethyl adjacent to an activating group) is 1. The van der Waals surface area contributed by atoms with E-state index in [9.17, 15) is 4.39 Å². The van der Waals surface area contributed by atoms with Gasteiger partial charge in [-0.05, 0) is 32.9 Å². The van der Waals surface area contributed by atoms with Crippen molar-refractivity contribution in [2.45, 2.75) is 50.7 Å². The standard InChI is InChI=1S/C15H23FN2/c1-11(17)15(13-9-5-6-10-14(13)16)18(2)12-7-3-4-8-12/h5-6,9-12,15H,3-4,7-8,17H2,1-2H3. The van der Waals surface area contributed by atoms with Crippen LogP contribution >= 0.6 is 0 Å². The van der Waals surface area contributed by atoms with E-state index < -0.39 is 0 Å². The molecule has 1 aromatic rings. The molecule has 0 heterocycles. The van der Waals surface area contributed by atoms with Gasteiger partial charge in [-0.3, -0.25) is 4.90 Å². The van der Waals surface area contributed by atoms with E-state index in [2.05, 4.69) is 11.9 Å². The zero-order valence-electron chi connectivity index (χ0n) is 11.3. The number of halogens is 1. The molecule has 0 spiro atoms. The smallest absolute Gasteiger partial charge is 0.128 e. The topological polar surface area (TPSA) is 29.3 Å². The lowest BCUT2D eigenvalue weighted by Gasteiger charge is -2.36. The normalized spacial score (nSPS) is 20.3. The third-order valence-electron chi connectivity index (χ3n) is 4.06. The second kappa shape index (κ2) is 5.81. The minimum Gasteiger partial charge on any atom is -0.326 e. The van der Waals surface area contributed by atoms with Crippen molar-refractivity contribution in [2.75, 3.05) is 7.05 Å². The van der Waals surface area contributed by atoms with Crippen LogP contribution in [0.15, 0.2) is 24.3 Å². The summed E-state index contributed by atoms with van der Waals surface area (Å²) in [5.41, 5.74) is 6.82. The summed E-state index contributed by atoms with van der Waals surface area (Å²) in [6, 6.07) is 7.42. The van der Waals surface area contributed by atoms with Gasteiger partial charge in [0.25, 0.3) is 0 Å². The van der Waals surface area contributed by atoms with Crippen LogP contribution in [-0.2, 0) is 0 Å². The summed E-state index contributed by atoms with van der Waals surface area (Å²) in [4.78, 5) is 2.27. The van der Waals surface area contributed by atoms with E-state index in [0.717, 1.165) is 5.56 Å². The first kappa shape index (κ1) is 13.5. The van der Waals surface area contributed by atoms with Gasteiger partial charge in [-0.15, -0.1) is 0 Å². The van der Waals surface area contributed by atoms with E-state index in [1.807, 2.05) is 19.1 Å². The molecule has 0 aromatic heterocycles. The monoisotopic (exact) mass is 250 g/mol. The van der Waals surface area contributed by atoms with Crippen LogP contribution in [0.1, 0.15) is 44.2 Å². The molecule has 2 unspecified atom stereocenters. The molecule has 2 N–H and O–H groups in total. The fourth-order valence-corrected chi connectivity index (χ4v) is 3.13. The molecule has 0 aliphatic heterocycles. The van der Waals surface area contributed by atoms with Gasteiger partial charge in [-0.1, -0.05) is 31.0 Å². The Labute approximate surface area is 109 Å². The van der Waals surface area contributed by atoms with E-state index in [-0.39, 0.29) is 17.9 Å². The van der Waals surface area contributed by atoms with Crippen molar-refractivity contribution in [2.24, 2.45) is 5.73 Å². The number of rotatable bonds is 4. The number of hydrogen-bond acceptors (Lipinski definition) is 2. The van der Waals surface area contributed by atoms with Crippen LogP contribution in [0, 0.1) is 5.82 Å². The minimum absolute atomic E-state index is 0.0331. The zero-order valence-corrected chi connectivity index (χ0v) is 11.3. The first-order valence-electron chi connectivity index (χ1n) is 6.83. The molecule has 0 amide bonds. The lowest BCUT2D eigenvalue weighted by Crippen LogP contribution is -2.42. The number of benzene rings is 1. The van der Waals surface area contributed by atoms with Crippen molar-refractivity contribution in [3.05, 3.63) is 35.6 Å². The van der Waals surface area contributed by atoms with Crippen molar-refractivity contribution in [1.82, 2.24) is 4.90 Å². The third kappa shape index (κ3) is 2.73. The van der Waals surface area contributed by atoms with E-state index in [1.54, 1.807) is 6.07 Å². The lowest BCUT2D eigenvalue weighted by molar-refractivity contribution is 0.153.